The standard InChI is InChI=1S/C11H14F3NO3S/c1-8(2)19(17,18)6-5-15-4-3-9(7-15)10(16)11(12,13)14/h3-4,7-8H,5-6H2,1-2H3. The summed E-state index contributed by atoms with van der Waals surface area (Å²) in [6.45, 7) is 3.08. The number of Topliss-reactive ketones (excluding diaryl/α,β-unsaturated/α-hetero) is 1. The van der Waals surface area contributed by atoms with E-state index in [1.54, 1.807) is 0 Å². The largest absolute Gasteiger partial charge is 0.454 e. The van der Waals surface area contributed by atoms with Gasteiger partial charge in [-0.15, -0.1) is 0 Å². The normalized spacial score (nSPS) is 12.9. The van der Waals surface area contributed by atoms with Crippen molar-refractivity contribution in [3.63, 3.8) is 0 Å². The first-order valence-electron chi connectivity index (χ1n) is 5.53. The first kappa shape index (κ1) is 15.7. The second-order valence-corrected chi connectivity index (χ2v) is 7.06. The lowest BCUT2D eigenvalue weighted by atomic mass is 10.2. The van der Waals surface area contributed by atoms with Crippen LogP contribution in [0.15, 0.2) is 18.5 Å². The van der Waals surface area contributed by atoms with Crippen LogP contribution in [0.3, 0.4) is 0 Å². The van der Waals surface area contributed by atoms with E-state index < -0.39 is 32.6 Å². The van der Waals surface area contributed by atoms with Crippen molar-refractivity contribution in [3.8, 4) is 0 Å². The van der Waals surface area contributed by atoms with Gasteiger partial charge in [0.15, 0.2) is 9.84 Å². The molecule has 1 aromatic rings. The lowest BCUT2D eigenvalue weighted by Crippen LogP contribution is -2.22. The Morgan fingerprint density at radius 1 is 1.37 bits per heavy atom. The molecule has 0 N–H and O–H groups in total. The maximum Gasteiger partial charge on any atom is 0.454 e. The highest BCUT2D eigenvalue weighted by Gasteiger charge is 2.39. The van der Waals surface area contributed by atoms with Crippen LogP contribution in [0, 0.1) is 0 Å². The zero-order valence-electron chi connectivity index (χ0n) is 10.4. The molecule has 0 aromatic carbocycles. The van der Waals surface area contributed by atoms with Gasteiger partial charge in [0.2, 0.25) is 0 Å². The third kappa shape index (κ3) is 4.09. The van der Waals surface area contributed by atoms with Gasteiger partial charge in [-0.3, -0.25) is 4.79 Å². The summed E-state index contributed by atoms with van der Waals surface area (Å²) in [7, 11) is -3.26. The summed E-state index contributed by atoms with van der Waals surface area (Å²) in [5.41, 5.74) is -0.491. The highest BCUT2D eigenvalue weighted by molar-refractivity contribution is 7.91. The van der Waals surface area contributed by atoms with Crippen LogP contribution >= 0.6 is 0 Å². The Labute approximate surface area is 109 Å². The number of nitrogens with zero attached hydrogens (tertiary/aromatic N) is 1. The number of alkyl halides is 3. The summed E-state index contributed by atoms with van der Waals surface area (Å²) in [4.78, 5) is 10.9. The lowest BCUT2D eigenvalue weighted by molar-refractivity contribution is -0.0885. The quantitative estimate of drug-likeness (QED) is 0.782. The Morgan fingerprint density at radius 2 is 1.95 bits per heavy atom. The molecule has 0 aliphatic heterocycles. The van der Waals surface area contributed by atoms with Crippen LogP contribution in [0.2, 0.25) is 0 Å². The van der Waals surface area contributed by atoms with Gasteiger partial charge >= 0.3 is 6.18 Å². The van der Waals surface area contributed by atoms with E-state index in [4.69, 9.17) is 0 Å². The maximum absolute atomic E-state index is 12.2. The van der Waals surface area contributed by atoms with Crippen LogP contribution < -0.4 is 0 Å². The number of hydrogen-bond donors (Lipinski definition) is 0. The number of rotatable bonds is 5. The minimum absolute atomic E-state index is 0.0195. The van der Waals surface area contributed by atoms with Crippen LogP contribution in [0.25, 0.3) is 0 Å². The fourth-order valence-electron chi connectivity index (χ4n) is 1.35. The maximum atomic E-state index is 12.2. The average Bonchev–Trinajstić information content (AvgIpc) is 2.72. The van der Waals surface area contributed by atoms with Crippen LogP contribution in [-0.2, 0) is 16.4 Å². The van der Waals surface area contributed by atoms with E-state index in [9.17, 15) is 26.4 Å². The molecular weight excluding hydrogens is 283 g/mol. The molecule has 0 atom stereocenters. The molecule has 1 heterocycles. The predicted molar refractivity (Wildman–Crippen MR) is 63.7 cm³/mol. The number of ketones is 1. The van der Waals surface area contributed by atoms with E-state index in [-0.39, 0.29) is 12.3 Å². The third-order valence-electron chi connectivity index (χ3n) is 2.62. The van der Waals surface area contributed by atoms with Gasteiger partial charge in [0, 0.05) is 24.5 Å². The van der Waals surface area contributed by atoms with Gasteiger partial charge < -0.3 is 4.57 Å². The molecule has 1 rings (SSSR count). The fourth-order valence-corrected chi connectivity index (χ4v) is 2.28. The number of aryl methyl sites for hydroxylation is 1. The summed E-state index contributed by atoms with van der Waals surface area (Å²) in [5, 5.41) is -0.542. The monoisotopic (exact) mass is 297 g/mol. The number of sulfone groups is 1. The second-order valence-electron chi connectivity index (χ2n) is 4.38. The minimum Gasteiger partial charge on any atom is -0.352 e. The molecule has 0 saturated carbocycles. The number of aromatic nitrogens is 1. The smallest absolute Gasteiger partial charge is 0.352 e. The summed E-state index contributed by atoms with van der Waals surface area (Å²) in [6.07, 6.45) is -2.66. The molecule has 1 aromatic heterocycles. The average molecular weight is 297 g/mol. The van der Waals surface area contributed by atoms with Crippen LogP contribution in [-0.4, -0.2) is 35.9 Å². The predicted octanol–water partition coefficient (Wildman–Crippen LogP) is 2.06. The van der Waals surface area contributed by atoms with Gasteiger partial charge in [-0.1, -0.05) is 0 Å². The van der Waals surface area contributed by atoms with Crippen molar-refractivity contribution < 1.29 is 26.4 Å². The minimum atomic E-state index is -4.92. The molecule has 108 valence electrons. The molecular formula is C11H14F3NO3S. The molecule has 0 aliphatic rings. The fraction of sp³-hybridized carbons (Fsp3) is 0.545. The van der Waals surface area contributed by atoms with Gasteiger partial charge in [-0.05, 0) is 19.9 Å². The van der Waals surface area contributed by atoms with Crippen molar-refractivity contribution in [2.75, 3.05) is 5.75 Å². The van der Waals surface area contributed by atoms with Crippen molar-refractivity contribution in [1.82, 2.24) is 4.57 Å². The lowest BCUT2D eigenvalue weighted by Gasteiger charge is -2.08. The Bertz CT molecular complexity index is 558. The van der Waals surface area contributed by atoms with E-state index in [1.165, 1.54) is 24.6 Å². The molecule has 0 fully saturated rings. The van der Waals surface area contributed by atoms with E-state index >= 15 is 0 Å². The number of hydrogen-bond acceptors (Lipinski definition) is 3. The second kappa shape index (κ2) is 5.36. The molecule has 0 amide bonds. The van der Waals surface area contributed by atoms with Crippen molar-refractivity contribution >= 4 is 15.6 Å². The van der Waals surface area contributed by atoms with Gasteiger partial charge in [0.05, 0.1) is 11.0 Å². The summed E-state index contributed by atoms with van der Waals surface area (Å²) in [5.74, 6) is -2.11. The van der Waals surface area contributed by atoms with Gasteiger partial charge in [-0.2, -0.15) is 13.2 Å². The molecule has 8 heteroatoms. The molecule has 19 heavy (non-hydrogen) atoms. The first-order chi connectivity index (χ1) is 8.54. The van der Waals surface area contributed by atoms with E-state index in [1.807, 2.05) is 0 Å². The molecule has 0 radical (unpaired) electrons. The molecule has 0 bridgehead atoms. The van der Waals surface area contributed by atoms with Gasteiger partial charge in [-0.25, -0.2) is 8.42 Å². The van der Waals surface area contributed by atoms with Crippen molar-refractivity contribution in [2.45, 2.75) is 31.8 Å². The van der Waals surface area contributed by atoms with Gasteiger partial charge in [0.25, 0.3) is 5.78 Å². The van der Waals surface area contributed by atoms with Crippen LogP contribution in [0.5, 0.6) is 0 Å². The number of carbonyl (C=O) groups is 1. The SMILES string of the molecule is CC(C)S(=O)(=O)CCn1ccc(C(=O)C(F)(F)F)c1. The first-order valence-corrected chi connectivity index (χ1v) is 7.24. The summed E-state index contributed by atoms with van der Waals surface area (Å²) in [6, 6.07) is 1.03. The Morgan fingerprint density at radius 3 is 2.42 bits per heavy atom. The topological polar surface area (TPSA) is 56.1 Å². The highest BCUT2D eigenvalue weighted by Crippen LogP contribution is 2.21. The number of carbonyl (C=O) groups excluding carboxylic acids is 1. The summed E-state index contributed by atoms with van der Waals surface area (Å²) < 4.78 is 60.9. The molecule has 0 unspecified atom stereocenters. The molecule has 0 aliphatic carbocycles. The third-order valence-corrected chi connectivity index (χ3v) is 4.81. The molecule has 0 spiro atoms. The molecule has 0 saturated heterocycles. The van der Waals surface area contributed by atoms with Crippen LogP contribution in [0.1, 0.15) is 24.2 Å². The van der Waals surface area contributed by atoms with Crippen molar-refractivity contribution in [1.29, 1.82) is 0 Å². The van der Waals surface area contributed by atoms with Crippen molar-refractivity contribution in [2.24, 2.45) is 0 Å². The van der Waals surface area contributed by atoms with E-state index in [2.05, 4.69) is 0 Å². The van der Waals surface area contributed by atoms with Crippen molar-refractivity contribution in [3.05, 3.63) is 24.0 Å². The van der Waals surface area contributed by atoms with Gasteiger partial charge in [0.1, 0.15) is 0 Å². The Hall–Kier alpha value is -1.31. The van der Waals surface area contributed by atoms with Crippen LogP contribution in [0.4, 0.5) is 13.2 Å². The summed E-state index contributed by atoms with van der Waals surface area (Å²) >= 11 is 0. The highest BCUT2D eigenvalue weighted by atomic mass is 32.2. The Balaban J connectivity index is 2.75. The van der Waals surface area contributed by atoms with E-state index in [0.717, 1.165) is 12.3 Å². The van der Waals surface area contributed by atoms with E-state index in [0.29, 0.717) is 0 Å². The zero-order chi connectivity index (χ0) is 14.8. The zero-order valence-corrected chi connectivity index (χ0v) is 11.3. The molecule has 4 nitrogen and oxygen atoms in total. The number of halogens is 3. The Kier molecular flexibility index (Phi) is 4.44.